The van der Waals surface area contributed by atoms with Crippen LogP contribution in [0, 0.1) is 11.8 Å². The van der Waals surface area contributed by atoms with Gasteiger partial charge in [0.2, 0.25) is 0 Å². The van der Waals surface area contributed by atoms with E-state index >= 15 is 0 Å². The second kappa shape index (κ2) is 11.6. The number of carbonyl (C=O) groups excluding carboxylic acids is 1. The number of hydrogen-bond acceptors (Lipinski definition) is 7. The van der Waals surface area contributed by atoms with Crippen molar-refractivity contribution < 1.29 is 18.8 Å². The molecular formula is C29H32N6O4. The van der Waals surface area contributed by atoms with Gasteiger partial charge in [0.1, 0.15) is 18.1 Å². The van der Waals surface area contributed by atoms with Gasteiger partial charge in [-0.15, -0.1) is 0 Å². The Morgan fingerprint density at radius 1 is 1.05 bits per heavy atom. The van der Waals surface area contributed by atoms with Gasteiger partial charge in [-0.05, 0) is 30.3 Å². The van der Waals surface area contributed by atoms with Gasteiger partial charge in [-0.25, -0.2) is 9.31 Å². The Morgan fingerprint density at radius 2 is 1.82 bits per heavy atom. The second-order valence-electron chi connectivity index (χ2n) is 10.3. The highest BCUT2D eigenvalue weighted by Gasteiger charge is 2.20. The van der Waals surface area contributed by atoms with Gasteiger partial charge in [0.05, 0.1) is 31.1 Å². The fourth-order valence-electron chi connectivity index (χ4n) is 3.99. The van der Waals surface area contributed by atoms with Crippen LogP contribution in [0.2, 0.25) is 0 Å². The number of morpholine rings is 1. The quantitative estimate of drug-likeness (QED) is 0.358. The molecule has 1 aliphatic rings. The maximum atomic E-state index is 12.3. The standard InChI is InChI=1S/C29H32N6O4/c1-29(2,3)26-18-27(33-39-26)32-28(36)31-23-8-6-21(7-9-23)4-5-22-16-24-17-25(20-35(24)30-19-22)38-15-12-34-10-13-37-14-11-34/h6-9,16-20H,10-15H2,1-3H3,(H2,31,32,33,36). The first-order valence-electron chi connectivity index (χ1n) is 12.9. The minimum absolute atomic E-state index is 0.190. The third kappa shape index (κ3) is 7.16. The Labute approximate surface area is 227 Å². The van der Waals surface area contributed by atoms with E-state index in [1.807, 2.05) is 51.2 Å². The lowest BCUT2D eigenvalue weighted by atomic mass is 9.93. The van der Waals surface area contributed by atoms with Crippen molar-refractivity contribution in [3.8, 4) is 17.6 Å². The molecule has 4 aromatic rings. The molecule has 2 N–H and O–H groups in total. The Balaban J connectivity index is 1.14. The van der Waals surface area contributed by atoms with Crippen LogP contribution in [0.15, 0.2) is 59.4 Å². The lowest BCUT2D eigenvalue weighted by Gasteiger charge is -2.26. The number of fused-ring (bicyclic) bond motifs is 1. The molecule has 1 aromatic carbocycles. The minimum Gasteiger partial charge on any atom is -0.491 e. The number of aromatic nitrogens is 3. The lowest BCUT2D eigenvalue weighted by molar-refractivity contribution is 0.0322. The third-order valence-corrected chi connectivity index (χ3v) is 6.19. The molecule has 1 saturated heterocycles. The van der Waals surface area contributed by atoms with E-state index in [0.29, 0.717) is 23.9 Å². The molecule has 0 bridgehead atoms. The number of nitrogens with zero attached hydrogens (tertiary/aromatic N) is 4. The predicted octanol–water partition coefficient (Wildman–Crippen LogP) is 4.37. The van der Waals surface area contributed by atoms with E-state index in [2.05, 4.69) is 37.6 Å². The third-order valence-electron chi connectivity index (χ3n) is 6.19. The zero-order chi connectivity index (χ0) is 27.2. The van der Waals surface area contributed by atoms with Crippen molar-refractivity contribution in [1.82, 2.24) is 19.7 Å². The molecule has 0 spiro atoms. The van der Waals surface area contributed by atoms with E-state index in [1.165, 1.54) is 0 Å². The molecule has 10 heteroatoms. The number of urea groups is 1. The highest BCUT2D eigenvalue weighted by molar-refractivity contribution is 5.99. The number of amides is 2. The number of carbonyl (C=O) groups is 1. The van der Waals surface area contributed by atoms with E-state index in [1.54, 1.807) is 28.9 Å². The fourth-order valence-corrected chi connectivity index (χ4v) is 3.99. The van der Waals surface area contributed by atoms with Gasteiger partial charge < -0.3 is 19.3 Å². The largest absolute Gasteiger partial charge is 0.491 e. The van der Waals surface area contributed by atoms with E-state index in [9.17, 15) is 4.79 Å². The molecule has 5 rings (SSSR count). The van der Waals surface area contributed by atoms with Crippen LogP contribution in [0.25, 0.3) is 5.52 Å². The average Bonchev–Trinajstić information content (AvgIpc) is 3.55. The number of anilines is 2. The smallest absolute Gasteiger partial charge is 0.324 e. The Hall–Kier alpha value is -4.33. The molecular weight excluding hydrogens is 496 g/mol. The van der Waals surface area contributed by atoms with E-state index in [4.69, 9.17) is 14.0 Å². The summed E-state index contributed by atoms with van der Waals surface area (Å²) in [5.74, 6) is 8.14. The lowest BCUT2D eigenvalue weighted by Crippen LogP contribution is -2.38. The predicted molar refractivity (Wildman–Crippen MR) is 148 cm³/mol. The van der Waals surface area contributed by atoms with Crippen LogP contribution in [-0.4, -0.2) is 65.2 Å². The maximum Gasteiger partial charge on any atom is 0.324 e. The van der Waals surface area contributed by atoms with Crippen molar-refractivity contribution >= 4 is 23.1 Å². The summed E-state index contributed by atoms with van der Waals surface area (Å²) >= 11 is 0. The van der Waals surface area contributed by atoms with Crippen molar-refractivity contribution in [2.45, 2.75) is 26.2 Å². The molecule has 1 fully saturated rings. The van der Waals surface area contributed by atoms with Gasteiger partial charge in [-0.1, -0.05) is 37.8 Å². The first-order chi connectivity index (χ1) is 18.8. The summed E-state index contributed by atoms with van der Waals surface area (Å²) in [6, 6.07) is 12.5. The van der Waals surface area contributed by atoms with Crippen molar-refractivity contribution in [2.24, 2.45) is 0 Å². The summed E-state index contributed by atoms with van der Waals surface area (Å²) in [4.78, 5) is 14.7. The normalized spacial score (nSPS) is 14.0. The van der Waals surface area contributed by atoms with Crippen LogP contribution in [0.1, 0.15) is 37.7 Å². The molecule has 4 heterocycles. The van der Waals surface area contributed by atoms with Crippen molar-refractivity contribution in [1.29, 1.82) is 0 Å². The molecule has 39 heavy (non-hydrogen) atoms. The first-order valence-corrected chi connectivity index (χ1v) is 12.9. The molecule has 0 saturated carbocycles. The van der Waals surface area contributed by atoms with Crippen molar-refractivity contribution in [3.05, 3.63) is 71.7 Å². The monoisotopic (exact) mass is 528 g/mol. The summed E-state index contributed by atoms with van der Waals surface area (Å²) in [5.41, 5.74) is 2.97. The highest BCUT2D eigenvalue weighted by atomic mass is 16.5. The topological polar surface area (TPSA) is 106 Å². The molecule has 0 atom stereocenters. The van der Waals surface area contributed by atoms with Crippen LogP contribution < -0.4 is 15.4 Å². The molecule has 2 amide bonds. The van der Waals surface area contributed by atoms with E-state index < -0.39 is 6.03 Å². The summed E-state index contributed by atoms with van der Waals surface area (Å²) in [6.07, 6.45) is 3.60. The first kappa shape index (κ1) is 26.3. The summed E-state index contributed by atoms with van der Waals surface area (Å²) in [7, 11) is 0. The molecule has 1 aliphatic heterocycles. The zero-order valence-electron chi connectivity index (χ0n) is 22.4. The van der Waals surface area contributed by atoms with Crippen molar-refractivity contribution in [2.75, 3.05) is 50.1 Å². The summed E-state index contributed by atoms with van der Waals surface area (Å²) in [6.45, 7) is 11.0. The molecule has 202 valence electrons. The Bertz CT molecular complexity index is 1480. The number of benzene rings is 1. The van der Waals surface area contributed by atoms with Crippen LogP contribution in [0.3, 0.4) is 0 Å². The van der Waals surface area contributed by atoms with Gasteiger partial charge in [0.25, 0.3) is 0 Å². The Kier molecular flexibility index (Phi) is 7.81. The van der Waals surface area contributed by atoms with Gasteiger partial charge >= 0.3 is 6.03 Å². The van der Waals surface area contributed by atoms with Crippen LogP contribution in [0.5, 0.6) is 5.75 Å². The summed E-state index contributed by atoms with van der Waals surface area (Å²) < 4.78 is 18.4. The number of rotatable bonds is 6. The van der Waals surface area contributed by atoms with Crippen LogP contribution >= 0.6 is 0 Å². The number of nitrogens with one attached hydrogen (secondary N) is 2. The van der Waals surface area contributed by atoms with Gasteiger partial charge in [0, 0.05) is 54.0 Å². The molecule has 3 aromatic heterocycles. The molecule has 0 unspecified atom stereocenters. The zero-order valence-corrected chi connectivity index (χ0v) is 22.4. The maximum absolute atomic E-state index is 12.3. The average molecular weight is 529 g/mol. The van der Waals surface area contributed by atoms with Crippen molar-refractivity contribution in [3.63, 3.8) is 0 Å². The summed E-state index contributed by atoms with van der Waals surface area (Å²) in [5, 5.41) is 13.8. The highest BCUT2D eigenvalue weighted by Crippen LogP contribution is 2.24. The Morgan fingerprint density at radius 3 is 2.56 bits per heavy atom. The molecule has 0 radical (unpaired) electrons. The van der Waals surface area contributed by atoms with Gasteiger partial charge in [-0.3, -0.25) is 10.2 Å². The van der Waals surface area contributed by atoms with Gasteiger partial charge in [-0.2, -0.15) is 5.10 Å². The fraction of sp³-hybridized carbons (Fsp3) is 0.345. The number of hydrogen-bond donors (Lipinski definition) is 2. The van der Waals surface area contributed by atoms with E-state index in [-0.39, 0.29) is 5.41 Å². The SMILES string of the molecule is CC(C)(C)c1cc(NC(=O)Nc2ccc(C#Cc3cnn4cc(OCCN5CCOCC5)cc4c3)cc2)no1. The molecule has 0 aliphatic carbocycles. The van der Waals surface area contributed by atoms with Gasteiger partial charge in [0.15, 0.2) is 5.82 Å². The van der Waals surface area contributed by atoms with Crippen LogP contribution in [-0.2, 0) is 10.2 Å². The second-order valence-corrected chi connectivity index (χ2v) is 10.3. The van der Waals surface area contributed by atoms with E-state index in [0.717, 1.165) is 55.2 Å². The minimum atomic E-state index is -0.404. The number of ether oxygens (including phenoxy) is 2. The molecule has 10 nitrogen and oxygen atoms in total. The van der Waals surface area contributed by atoms with Crippen LogP contribution in [0.4, 0.5) is 16.3 Å².